The molecular weight excluding hydrogens is 244 g/mol. The summed E-state index contributed by atoms with van der Waals surface area (Å²) in [4.78, 5) is 4.52. The predicted octanol–water partition coefficient (Wildman–Crippen LogP) is 4.20. The molecule has 0 radical (unpaired) electrons. The van der Waals surface area contributed by atoms with Crippen molar-refractivity contribution < 1.29 is 8.78 Å². The van der Waals surface area contributed by atoms with E-state index in [-0.39, 0.29) is 11.6 Å². The number of aliphatic imine (C=N–C) groups is 1. The lowest BCUT2D eigenvalue weighted by Gasteiger charge is -2.01. The molecule has 0 N–H and O–H groups in total. The summed E-state index contributed by atoms with van der Waals surface area (Å²) in [7, 11) is 0. The van der Waals surface area contributed by atoms with Crippen molar-refractivity contribution in [1.29, 1.82) is 0 Å². The Morgan fingerprint density at radius 1 is 0.737 bits per heavy atom. The van der Waals surface area contributed by atoms with E-state index in [1.807, 2.05) is 6.08 Å². The fraction of sp³-hybridized carbons (Fsp3) is 0.0625. The Labute approximate surface area is 109 Å². The highest BCUT2D eigenvalue weighted by Gasteiger charge is 2.12. The van der Waals surface area contributed by atoms with Crippen molar-refractivity contribution in [2.75, 3.05) is 0 Å². The van der Waals surface area contributed by atoms with Gasteiger partial charge in [0.05, 0.1) is 11.4 Å². The van der Waals surface area contributed by atoms with Crippen LogP contribution in [0, 0.1) is 11.6 Å². The SMILES string of the molecule is Fc1ccc(C2=CCC(c3ccc(F)cc3)=N2)cc1. The van der Waals surface area contributed by atoms with Crippen LogP contribution >= 0.6 is 0 Å². The topological polar surface area (TPSA) is 12.4 Å². The number of hydrogen-bond acceptors (Lipinski definition) is 1. The fourth-order valence-electron chi connectivity index (χ4n) is 2.06. The van der Waals surface area contributed by atoms with Crippen LogP contribution in [0.15, 0.2) is 59.6 Å². The van der Waals surface area contributed by atoms with Crippen LogP contribution in [0.4, 0.5) is 8.78 Å². The smallest absolute Gasteiger partial charge is 0.123 e. The molecule has 0 atom stereocenters. The van der Waals surface area contributed by atoms with Crippen molar-refractivity contribution in [1.82, 2.24) is 0 Å². The Hall–Kier alpha value is -2.29. The Morgan fingerprint density at radius 2 is 1.26 bits per heavy atom. The number of rotatable bonds is 2. The van der Waals surface area contributed by atoms with Crippen LogP contribution in [-0.2, 0) is 0 Å². The molecule has 0 amide bonds. The van der Waals surface area contributed by atoms with E-state index >= 15 is 0 Å². The maximum atomic E-state index is 12.9. The Balaban J connectivity index is 1.87. The van der Waals surface area contributed by atoms with Gasteiger partial charge in [0.2, 0.25) is 0 Å². The molecule has 2 aromatic rings. The molecule has 0 fully saturated rings. The van der Waals surface area contributed by atoms with Crippen LogP contribution in [0.5, 0.6) is 0 Å². The highest BCUT2D eigenvalue weighted by molar-refractivity contribution is 6.07. The second kappa shape index (κ2) is 4.76. The molecule has 0 saturated carbocycles. The predicted molar refractivity (Wildman–Crippen MR) is 71.9 cm³/mol. The van der Waals surface area contributed by atoms with Gasteiger partial charge in [0.15, 0.2) is 0 Å². The quantitative estimate of drug-likeness (QED) is 0.762. The number of benzene rings is 2. The van der Waals surface area contributed by atoms with Gasteiger partial charge in [0.1, 0.15) is 11.6 Å². The summed E-state index contributed by atoms with van der Waals surface area (Å²) in [6.45, 7) is 0. The highest BCUT2D eigenvalue weighted by Crippen LogP contribution is 2.25. The number of halogens is 2. The second-order valence-corrected chi connectivity index (χ2v) is 4.37. The van der Waals surface area contributed by atoms with E-state index in [1.54, 1.807) is 24.3 Å². The van der Waals surface area contributed by atoms with Crippen LogP contribution in [0.2, 0.25) is 0 Å². The van der Waals surface area contributed by atoms with Crippen molar-refractivity contribution >= 4 is 11.4 Å². The average Bonchev–Trinajstić information content (AvgIpc) is 2.90. The Kier molecular flexibility index (Phi) is 2.95. The molecule has 1 aliphatic rings. The van der Waals surface area contributed by atoms with Gasteiger partial charge in [0, 0.05) is 6.42 Å². The van der Waals surface area contributed by atoms with Gasteiger partial charge in [-0.3, -0.25) is 4.99 Å². The number of allylic oxidation sites excluding steroid dienone is 1. The van der Waals surface area contributed by atoms with Gasteiger partial charge in [-0.15, -0.1) is 0 Å². The zero-order chi connectivity index (χ0) is 13.2. The van der Waals surface area contributed by atoms with Crippen molar-refractivity contribution in [3.8, 4) is 0 Å². The lowest BCUT2D eigenvalue weighted by atomic mass is 10.1. The minimum Gasteiger partial charge on any atom is -0.252 e. The fourth-order valence-corrected chi connectivity index (χ4v) is 2.06. The number of nitrogens with zero attached hydrogens (tertiary/aromatic N) is 1. The van der Waals surface area contributed by atoms with Crippen LogP contribution in [0.3, 0.4) is 0 Å². The minimum atomic E-state index is -0.259. The first kappa shape index (κ1) is 11.8. The van der Waals surface area contributed by atoms with Crippen molar-refractivity contribution in [2.24, 2.45) is 4.99 Å². The number of hydrogen-bond donors (Lipinski definition) is 0. The zero-order valence-electron chi connectivity index (χ0n) is 10.1. The van der Waals surface area contributed by atoms with Gasteiger partial charge in [-0.25, -0.2) is 8.78 Å². The molecule has 0 spiro atoms. The van der Waals surface area contributed by atoms with E-state index in [0.717, 1.165) is 22.5 Å². The van der Waals surface area contributed by atoms with Gasteiger partial charge < -0.3 is 0 Å². The molecule has 0 unspecified atom stereocenters. The van der Waals surface area contributed by atoms with Crippen molar-refractivity contribution in [3.63, 3.8) is 0 Å². The summed E-state index contributed by atoms with van der Waals surface area (Å²) in [5.41, 5.74) is 3.53. The van der Waals surface area contributed by atoms with E-state index in [4.69, 9.17) is 0 Å². The first-order chi connectivity index (χ1) is 9.22. The monoisotopic (exact) mass is 255 g/mol. The van der Waals surface area contributed by atoms with Gasteiger partial charge >= 0.3 is 0 Å². The van der Waals surface area contributed by atoms with Gasteiger partial charge in [-0.05, 0) is 47.5 Å². The first-order valence-corrected chi connectivity index (χ1v) is 6.02. The largest absolute Gasteiger partial charge is 0.252 e. The molecule has 0 aliphatic carbocycles. The third-order valence-electron chi connectivity index (χ3n) is 3.06. The zero-order valence-corrected chi connectivity index (χ0v) is 10.1. The summed E-state index contributed by atoms with van der Waals surface area (Å²) in [6, 6.07) is 12.5. The molecule has 1 heterocycles. The average molecular weight is 255 g/mol. The molecule has 1 nitrogen and oxygen atoms in total. The molecule has 0 saturated heterocycles. The summed E-state index contributed by atoms with van der Waals surface area (Å²) in [5.74, 6) is -0.515. The Bertz CT molecular complexity index is 652. The third kappa shape index (κ3) is 2.45. The van der Waals surface area contributed by atoms with E-state index in [2.05, 4.69) is 4.99 Å². The van der Waals surface area contributed by atoms with Crippen LogP contribution in [0.25, 0.3) is 5.70 Å². The normalized spacial score (nSPS) is 14.2. The highest BCUT2D eigenvalue weighted by atomic mass is 19.1. The molecule has 19 heavy (non-hydrogen) atoms. The van der Waals surface area contributed by atoms with E-state index < -0.39 is 0 Å². The van der Waals surface area contributed by atoms with E-state index in [0.29, 0.717) is 6.42 Å². The van der Waals surface area contributed by atoms with E-state index in [1.165, 1.54) is 24.3 Å². The van der Waals surface area contributed by atoms with Gasteiger partial charge in [0.25, 0.3) is 0 Å². The molecular formula is C16H11F2N. The molecule has 2 aromatic carbocycles. The van der Waals surface area contributed by atoms with Gasteiger partial charge in [-0.2, -0.15) is 0 Å². The molecule has 94 valence electrons. The van der Waals surface area contributed by atoms with Crippen molar-refractivity contribution in [2.45, 2.75) is 6.42 Å². The van der Waals surface area contributed by atoms with Crippen molar-refractivity contribution in [3.05, 3.63) is 77.4 Å². The third-order valence-corrected chi connectivity index (χ3v) is 3.06. The van der Waals surface area contributed by atoms with Crippen LogP contribution in [0.1, 0.15) is 17.5 Å². The second-order valence-electron chi connectivity index (χ2n) is 4.37. The summed E-state index contributed by atoms with van der Waals surface area (Å²) in [5, 5.41) is 0. The maximum absolute atomic E-state index is 12.9. The standard InChI is InChI=1S/C16H11F2N/c17-13-5-1-11(2-6-13)15-9-10-16(19-15)12-3-7-14(18)8-4-12/h1-9H,10H2. The molecule has 3 heteroatoms. The summed E-state index contributed by atoms with van der Waals surface area (Å²) >= 11 is 0. The summed E-state index contributed by atoms with van der Waals surface area (Å²) < 4.78 is 25.7. The molecule has 0 aromatic heterocycles. The molecule has 0 bridgehead atoms. The van der Waals surface area contributed by atoms with Gasteiger partial charge in [-0.1, -0.05) is 18.2 Å². The molecule has 3 rings (SSSR count). The van der Waals surface area contributed by atoms with Crippen LogP contribution in [-0.4, -0.2) is 5.71 Å². The van der Waals surface area contributed by atoms with Crippen LogP contribution < -0.4 is 0 Å². The lowest BCUT2D eigenvalue weighted by molar-refractivity contribution is 0.627. The van der Waals surface area contributed by atoms with E-state index in [9.17, 15) is 8.78 Å². The Morgan fingerprint density at radius 3 is 1.84 bits per heavy atom. The first-order valence-electron chi connectivity index (χ1n) is 6.02. The molecule has 1 aliphatic heterocycles. The minimum absolute atomic E-state index is 0.255. The lowest BCUT2D eigenvalue weighted by Crippen LogP contribution is -1.95. The maximum Gasteiger partial charge on any atom is 0.123 e. The summed E-state index contributed by atoms with van der Waals surface area (Å²) in [6.07, 6.45) is 2.70.